The summed E-state index contributed by atoms with van der Waals surface area (Å²) in [4.78, 5) is 18.4. The highest BCUT2D eigenvalue weighted by atomic mass is 127. The summed E-state index contributed by atoms with van der Waals surface area (Å²) in [6.07, 6.45) is 0. The fourth-order valence-corrected chi connectivity index (χ4v) is 3.60. The molecule has 2 aromatic carbocycles. The fourth-order valence-electron chi connectivity index (χ4n) is 2.70. The first kappa shape index (κ1) is 27.9. The van der Waals surface area contributed by atoms with Gasteiger partial charge in [0.25, 0.3) is 5.91 Å². The van der Waals surface area contributed by atoms with Crippen molar-refractivity contribution >= 4 is 45.9 Å². The molecule has 2 aromatic rings. The van der Waals surface area contributed by atoms with Crippen LogP contribution in [0, 0.1) is 0 Å². The number of carbonyl (C=O) groups excluding carboxylic acids is 1. The molecule has 2 N–H and O–H groups in total. The predicted molar refractivity (Wildman–Crippen MR) is 139 cm³/mol. The molecule has 176 valence electrons. The molecule has 0 bridgehead atoms. The Hall–Kier alpha value is -2.18. The number of guanidine groups is 1. The second-order valence-electron chi connectivity index (χ2n) is 7.38. The van der Waals surface area contributed by atoms with Crippen molar-refractivity contribution in [2.45, 2.75) is 24.9 Å². The standard InChI is InChI=1S/C22H31N5O3S.HI/c1-6-23-22(24-15-17-7-11-19(12-8-17)21(28)26(2)3)25-16-18-9-13-20(14-10-18)31(29,30)27(4)5;/h7-14H,6,15-16H2,1-5H3,(H2,23,24,25);1H. The summed E-state index contributed by atoms with van der Waals surface area (Å²) < 4.78 is 25.5. The van der Waals surface area contributed by atoms with Crippen molar-refractivity contribution in [1.29, 1.82) is 0 Å². The van der Waals surface area contributed by atoms with Crippen LogP contribution in [0.5, 0.6) is 0 Å². The summed E-state index contributed by atoms with van der Waals surface area (Å²) in [6.45, 7) is 3.66. The fraction of sp³-hybridized carbons (Fsp3) is 0.364. The number of aliphatic imine (C=N–C) groups is 1. The molecule has 10 heteroatoms. The zero-order valence-electron chi connectivity index (χ0n) is 19.1. The Morgan fingerprint density at radius 1 is 0.906 bits per heavy atom. The van der Waals surface area contributed by atoms with Gasteiger partial charge in [0.2, 0.25) is 10.0 Å². The minimum Gasteiger partial charge on any atom is -0.357 e. The molecule has 0 aromatic heterocycles. The van der Waals surface area contributed by atoms with Crippen LogP contribution in [0.25, 0.3) is 0 Å². The van der Waals surface area contributed by atoms with Gasteiger partial charge in [0.1, 0.15) is 0 Å². The molecule has 0 aliphatic rings. The quantitative estimate of drug-likeness (QED) is 0.288. The number of nitrogens with one attached hydrogen (secondary N) is 2. The smallest absolute Gasteiger partial charge is 0.253 e. The summed E-state index contributed by atoms with van der Waals surface area (Å²) in [5, 5.41) is 6.44. The van der Waals surface area contributed by atoms with Crippen LogP contribution < -0.4 is 10.6 Å². The molecule has 0 aliphatic carbocycles. The Morgan fingerprint density at radius 3 is 1.97 bits per heavy atom. The normalized spacial score (nSPS) is 11.6. The third-order valence-electron chi connectivity index (χ3n) is 4.53. The molecular weight excluding hydrogens is 541 g/mol. The average molecular weight is 574 g/mol. The van der Waals surface area contributed by atoms with Crippen LogP contribution in [0.2, 0.25) is 0 Å². The lowest BCUT2D eigenvalue weighted by molar-refractivity contribution is 0.0827. The van der Waals surface area contributed by atoms with Crippen molar-refractivity contribution < 1.29 is 13.2 Å². The van der Waals surface area contributed by atoms with E-state index in [1.165, 1.54) is 18.4 Å². The van der Waals surface area contributed by atoms with Crippen LogP contribution in [-0.4, -0.2) is 64.2 Å². The third-order valence-corrected chi connectivity index (χ3v) is 6.36. The van der Waals surface area contributed by atoms with Crippen molar-refractivity contribution in [3.63, 3.8) is 0 Å². The summed E-state index contributed by atoms with van der Waals surface area (Å²) in [6, 6.07) is 14.2. The van der Waals surface area contributed by atoms with Gasteiger partial charge in [0, 0.05) is 46.8 Å². The molecule has 8 nitrogen and oxygen atoms in total. The van der Waals surface area contributed by atoms with Gasteiger partial charge in [0.15, 0.2) is 5.96 Å². The molecule has 2 rings (SSSR count). The van der Waals surface area contributed by atoms with Crippen LogP contribution in [0.3, 0.4) is 0 Å². The SMILES string of the molecule is CCNC(=NCc1ccc(C(=O)N(C)C)cc1)NCc1ccc(S(=O)(=O)N(C)C)cc1.I. The Balaban J connectivity index is 0.00000512. The Bertz CT molecular complexity index is 1000. The summed E-state index contributed by atoms with van der Waals surface area (Å²) >= 11 is 0. The maximum atomic E-state index is 12.2. The molecule has 32 heavy (non-hydrogen) atoms. The van der Waals surface area contributed by atoms with E-state index in [2.05, 4.69) is 15.6 Å². The number of hydrogen-bond acceptors (Lipinski definition) is 4. The number of amides is 1. The number of sulfonamides is 1. The first-order valence-corrected chi connectivity index (χ1v) is 11.4. The Morgan fingerprint density at radius 2 is 1.47 bits per heavy atom. The lowest BCUT2D eigenvalue weighted by Gasteiger charge is -2.13. The molecule has 0 saturated carbocycles. The van der Waals surface area contributed by atoms with Crippen molar-refractivity contribution in [1.82, 2.24) is 19.8 Å². The zero-order valence-corrected chi connectivity index (χ0v) is 22.3. The van der Waals surface area contributed by atoms with E-state index in [0.29, 0.717) is 31.2 Å². The van der Waals surface area contributed by atoms with Crippen LogP contribution in [0.4, 0.5) is 0 Å². The van der Waals surface area contributed by atoms with Crippen LogP contribution in [0.15, 0.2) is 58.4 Å². The number of rotatable bonds is 8. The van der Waals surface area contributed by atoms with Gasteiger partial charge in [-0.15, -0.1) is 24.0 Å². The molecule has 0 aliphatic heterocycles. The molecule has 0 spiro atoms. The van der Waals surface area contributed by atoms with Gasteiger partial charge in [-0.1, -0.05) is 24.3 Å². The van der Waals surface area contributed by atoms with Gasteiger partial charge in [-0.2, -0.15) is 0 Å². The van der Waals surface area contributed by atoms with Crippen molar-refractivity contribution in [3.05, 3.63) is 65.2 Å². The molecule has 0 heterocycles. The van der Waals surface area contributed by atoms with E-state index in [4.69, 9.17) is 0 Å². The second kappa shape index (κ2) is 12.8. The number of benzene rings is 2. The highest BCUT2D eigenvalue weighted by Crippen LogP contribution is 2.14. The van der Waals surface area contributed by atoms with Crippen LogP contribution >= 0.6 is 24.0 Å². The Labute approximate surface area is 208 Å². The predicted octanol–water partition coefficient (Wildman–Crippen LogP) is 2.51. The first-order valence-electron chi connectivity index (χ1n) is 9.99. The molecule has 0 atom stereocenters. The van der Waals surface area contributed by atoms with Crippen molar-refractivity contribution in [2.24, 2.45) is 4.99 Å². The molecule has 0 radical (unpaired) electrons. The Kier molecular flexibility index (Phi) is 11.1. The number of carbonyl (C=O) groups is 1. The van der Waals surface area contributed by atoms with E-state index < -0.39 is 10.0 Å². The van der Waals surface area contributed by atoms with Gasteiger partial charge >= 0.3 is 0 Å². The van der Waals surface area contributed by atoms with Crippen molar-refractivity contribution in [3.8, 4) is 0 Å². The van der Waals surface area contributed by atoms with Gasteiger partial charge in [0.05, 0.1) is 11.4 Å². The largest absolute Gasteiger partial charge is 0.357 e. The summed E-state index contributed by atoms with van der Waals surface area (Å²) in [5.74, 6) is 0.621. The lowest BCUT2D eigenvalue weighted by Crippen LogP contribution is -2.36. The van der Waals surface area contributed by atoms with Gasteiger partial charge in [-0.05, 0) is 42.3 Å². The van der Waals surface area contributed by atoms with E-state index >= 15 is 0 Å². The topological polar surface area (TPSA) is 94.1 Å². The number of nitrogens with zero attached hydrogens (tertiary/aromatic N) is 3. The summed E-state index contributed by atoms with van der Waals surface area (Å²) in [5.41, 5.74) is 2.57. The van der Waals surface area contributed by atoms with Gasteiger partial charge < -0.3 is 15.5 Å². The maximum Gasteiger partial charge on any atom is 0.253 e. The van der Waals surface area contributed by atoms with Crippen LogP contribution in [-0.2, 0) is 23.1 Å². The highest BCUT2D eigenvalue weighted by molar-refractivity contribution is 14.0. The van der Waals surface area contributed by atoms with E-state index in [1.807, 2.05) is 19.1 Å². The first-order chi connectivity index (χ1) is 14.6. The second-order valence-corrected chi connectivity index (χ2v) is 9.53. The monoisotopic (exact) mass is 573 g/mol. The molecule has 0 saturated heterocycles. The van der Waals surface area contributed by atoms with E-state index in [0.717, 1.165) is 11.1 Å². The minimum atomic E-state index is -3.43. The number of halogens is 1. The van der Waals surface area contributed by atoms with E-state index in [-0.39, 0.29) is 34.8 Å². The maximum absolute atomic E-state index is 12.2. The van der Waals surface area contributed by atoms with Gasteiger partial charge in [-0.3, -0.25) is 4.79 Å². The third kappa shape index (κ3) is 7.75. The van der Waals surface area contributed by atoms with E-state index in [9.17, 15) is 13.2 Å². The molecule has 1 amide bonds. The lowest BCUT2D eigenvalue weighted by atomic mass is 10.1. The highest BCUT2D eigenvalue weighted by Gasteiger charge is 2.16. The number of hydrogen-bond donors (Lipinski definition) is 2. The minimum absolute atomic E-state index is 0. The average Bonchev–Trinajstić information content (AvgIpc) is 2.75. The van der Waals surface area contributed by atoms with Gasteiger partial charge in [-0.25, -0.2) is 17.7 Å². The molecular formula is C22H32IN5O3S. The summed E-state index contributed by atoms with van der Waals surface area (Å²) in [7, 11) is 3.04. The molecule has 0 unspecified atom stereocenters. The van der Waals surface area contributed by atoms with E-state index in [1.54, 1.807) is 55.4 Å². The van der Waals surface area contributed by atoms with Crippen LogP contribution in [0.1, 0.15) is 28.4 Å². The zero-order chi connectivity index (χ0) is 23.0. The van der Waals surface area contributed by atoms with Crippen molar-refractivity contribution in [2.75, 3.05) is 34.7 Å². The molecule has 0 fully saturated rings.